The van der Waals surface area contributed by atoms with E-state index in [0.717, 1.165) is 0 Å². The predicted octanol–water partition coefficient (Wildman–Crippen LogP) is 0.812. The molecule has 0 atom stereocenters. The van der Waals surface area contributed by atoms with E-state index in [0.29, 0.717) is 17.9 Å². The molecule has 4 heteroatoms. The summed E-state index contributed by atoms with van der Waals surface area (Å²) in [5, 5.41) is 18.0. The van der Waals surface area contributed by atoms with Gasteiger partial charge in [-0.15, -0.1) is 0 Å². The molecule has 0 amide bonds. The third-order valence-corrected chi connectivity index (χ3v) is 1.70. The van der Waals surface area contributed by atoms with Crippen LogP contribution in [-0.2, 0) is 0 Å². The van der Waals surface area contributed by atoms with Crippen molar-refractivity contribution in [1.82, 2.24) is 0 Å². The number of aromatic hydroxyl groups is 1. The Morgan fingerprint density at radius 2 is 2.29 bits per heavy atom. The number of rotatable bonds is 4. The van der Waals surface area contributed by atoms with Gasteiger partial charge in [0.15, 0.2) is 0 Å². The molecule has 0 saturated heterocycles. The molecule has 0 aliphatic heterocycles. The van der Waals surface area contributed by atoms with Crippen LogP contribution in [0.5, 0.6) is 11.5 Å². The molecular formula is C10H13NO3. The summed E-state index contributed by atoms with van der Waals surface area (Å²) in [5.74, 6) is 0.716. The highest BCUT2D eigenvalue weighted by Gasteiger charge is 1.99. The van der Waals surface area contributed by atoms with Crippen molar-refractivity contribution in [3.05, 3.63) is 23.8 Å². The number of phenolic OH excluding ortho intramolecular Hbond substituents is 1. The van der Waals surface area contributed by atoms with Crippen molar-refractivity contribution in [3.63, 3.8) is 0 Å². The molecule has 0 aromatic heterocycles. The summed E-state index contributed by atoms with van der Waals surface area (Å²) >= 11 is 0. The van der Waals surface area contributed by atoms with Gasteiger partial charge in [0.2, 0.25) is 0 Å². The SMILES string of the molecule is COc1ccc(/C=N/CCO)c(O)c1. The van der Waals surface area contributed by atoms with E-state index in [-0.39, 0.29) is 12.4 Å². The molecule has 1 aromatic rings. The molecule has 0 radical (unpaired) electrons. The Labute approximate surface area is 82.5 Å². The maximum atomic E-state index is 9.49. The zero-order chi connectivity index (χ0) is 10.4. The second-order valence-electron chi connectivity index (χ2n) is 2.68. The third kappa shape index (κ3) is 2.74. The van der Waals surface area contributed by atoms with Crippen LogP contribution < -0.4 is 4.74 Å². The lowest BCUT2D eigenvalue weighted by atomic mass is 10.2. The van der Waals surface area contributed by atoms with Gasteiger partial charge in [0.05, 0.1) is 20.3 Å². The summed E-state index contributed by atoms with van der Waals surface area (Å²) in [6.45, 7) is 0.346. The maximum absolute atomic E-state index is 9.49. The van der Waals surface area contributed by atoms with E-state index in [9.17, 15) is 5.11 Å². The van der Waals surface area contributed by atoms with Crippen LogP contribution in [0.15, 0.2) is 23.2 Å². The summed E-state index contributed by atoms with van der Waals surface area (Å²) in [5.41, 5.74) is 0.610. The summed E-state index contributed by atoms with van der Waals surface area (Å²) in [4.78, 5) is 3.90. The minimum atomic E-state index is 0.00736. The second kappa shape index (κ2) is 5.24. The molecule has 0 unspecified atom stereocenters. The highest BCUT2D eigenvalue weighted by atomic mass is 16.5. The molecule has 0 spiro atoms. The lowest BCUT2D eigenvalue weighted by Crippen LogP contribution is -1.90. The molecule has 0 aliphatic carbocycles. The number of hydrogen-bond acceptors (Lipinski definition) is 4. The Bertz CT molecular complexity index is 323. The van der Waals surface area contributed by atoms with Crippen LogP contribution in [0.2, 0.25) is 0 Å². The van der Waals surface area contributed by atoms with Gasteiger partial charge in [0.25, 0.3) is 0 Å². The molecule has 1 rings (SSSR count). The molecular weight excluding hydrogens is 182 g/mol. The van der Waals surface area contributed by atoms with Crippen molar-refractivity contribution in [2.24, 2.45) is 4.99 Å². The van der Waals surface area contributed by atoms with E-state index < -0.39 is 0 Å². The maximum Gasteiger partial charge on any atom is 0.128 e. The number of phenols is 1. The van der Waals surface area contributed by atoms with E-state index in [1.807, 2.05) is 0 Å². The zero-order valence-electron chi connectivity index (χ0n) is 7.97. The van der Waals surface area contributed by atoms with Gasteiger partial charge in [-0.1, -0.05) is 0 Å². The number of ether oxygens (including phenoxy) is 1. The largest absolute Gasteiger partial charge is 0.507 e. The number of hydrogen-bond donors (Lipinski definition) is 2. The summed E-state index contributed by atoms with van der Waals surface area (Å²) in [6.07, 6.45) is 1.52. The predicted molar refractivity (Wildman–Crippen MR) is 54.2 cm³/mol. The van der Waals surface area contributed by atoms with Crippen LogP contribution >= 0.6 is 0 Å². The number of aliphatic imine (C=N–C) groups is 1. The van der Waals surface area contributed by atoms with Crippen molar-refractivity contribution in [1.29, 1.82) is 0 Å². The monoisotopic (exact) mass is 195 g/mol. The number of aliphatic hydroxyl groups is 1. The molecule has 0 aliphatic rings. The van der Waals surface area contributed by atoms with Gasteiger partial charge in [-0.2, -0.15) is 0 Å². The molecule has 2 N–H and O–H groups in total. The fourth-order valence-electron chi connectivity index (χ4n) is 0.980. The Morgan fingerprint density at radius 1 is 1.50 bits per heavy atom. The van der Waals surface area contributed by atoms with Crippen molar-refractivity contribution < 1.29 is 14.9 Å². The van der Waals surface area contributed by atoms with Gasteiger partial charge in [-0.05, 0) is 12.1 Å². The molecule has 1 aromatic carbocycles. The Morgan fingerprint density at radius 3 is 2.86 bits per heavy atom. The van der Waals surface area contributed by atoms with Crippen molar-refractivity contribution in [2.75, 3.05) is 20.3 Å². The zero-order valence-corrected chi connectivity index (χ0v) is 7.97. The van der Waals surface area contributed by atoms with Crippen molar-refractivity contribution >= 4 is 6.21 Å². The Hall–Kier alpha value is -1.55. The molecule has 0 bridgehead atoms. The van der Waals surface area contributed by atoms with E-state index in [2.05, 4.69) is 4.99 Å². The van der Waals surface area contributed by atoms with Crippen molar-refractivity contribution in [2.45, 2.75) is 0 Å². The lowest BCUT2D eigenvalue weighted by Gasteiger charge is -2.02. The number of aliphatic hydroxyl groups excluding tert-OH is 1. The molecule has 0 fully saturated rings. The fraction of sp³-hybridized carbons (Fsp3) is 0.300. The van der Waals surface area contributed by atoms with Crippen LogP contribution in [-0.4, -0.2) is 36.7 Å². The first kappa shape index (κ1) is 10.5. The molecule has 4 nitrogen and oxygen atoms in total. The molecule has 0 saturated carbocycles. The Balaban J connectivity index is 2.78. The molecule has 0 heterocycles. The van der Waals surface area contributed by atoms with Gasteiger partial charge in [-0.25, -0.2) is 0 Å². The van der Waals surface area contributed by atoms with Crippen LogP contribution in [0, 0.1) is 0 Å². The number of nitrogens with zero attached hydrogens (tertiary/aromatic N) is 1. The lowest BCUT2D eigenvalue weighted by molar-refractivity contribution is 0.307. The van der Waals surface area contributed by atoms with Crippen LogP contribution in [0.4, 0.5) is 0 Å². The van der Waals surface area contributed by atoms with Gasteiger partial charge in [0.1, 0.15) is 11.5 Å². The Kier molecular flexibility index (Phi) is 3.94. The highest BCUT2D eigenvalue weighted by molar-refractivity contribution is 5.83. The smallest absolute Gasteiger partial charge is 0.128 e. The van der Waals surface area contributed by atoms with E-state index in [1.165, 1.54) is 19.4 Å². The van der Waals surface area contributed by atoms with Crippen LogP contribution in [0.25, 0.3) is 0 Å². The minimum Gasteiger partial charge on any atom is -0.507 e. The van der Waals surface area contributed by atoms with Gasteiger partial charge >= 0.3 is 0 Å². The van der Waals surface area contributed by atoms with Gasteiger partial charge in [0, 0.05) is 17.8 Å². The topological polar surface area (TPSA) is 62.0 Å². The average molecular weight is 195 g/mol. The van der Waals surface area contributed by atoms with E-state index >= 15 is 0 Å². The average Bonchev–Trinajstić information content (AvgIpc) is 2.20. The van der Waals surface area contributed by atoms with E-state index in [1.54, 1.807) is 12.1 Å². The fourth-order valence-corrected chi connectivity index (χ4v) is 0.980. The quantitative estimate of drug-likeness (QED) is 0.699. The number of benzene rings is 1. The third-order valence-electron chi connectivity index (χ3n) is 1.70. The van der Waals surface area contributed by atoms with Crippen LogP contribution in [0.3, 0.4) is 0 Å². The first-order valence-corrected chi connectivity index (χ1v) is 4.25. The first-order valence-electron chi connectivity index (χ1n) is 4.25. The normalized spacial score (nSPS) is 10.7. The summed E-state index contributed by atoms with van der Waals surface area (Å²) in [7, 11) is 1.54. The first-order chi connectivity index (χ1) is 6.77. The minimum absolute atomic E-state index is 0.00736. The van der Waals surface area contributed by atoms with E-state index in [4.69, 9.17) is 9.84 Å². The standard InChI is InChI=1S/C10H13NO3/c1-14-9-3-2-8(10(13)6-9)7-11-4-5-12/h2-3,6-7,12-13H,4-5H2,1H3/b11-7+. The summed E-state index contributed by atoms with van der Waals surface area (Å²) in [6, 6.07) is 4.95. The number of methoxy groups -OCH3 is 1. The second-order valence-corrected chi connectivity index (χ2v) is 2.68. The van der Waals surface area contributed by atoms with Crippen molar-refractivity contribution in [3.8, 4) is 11.5 Å². The summed E-state index contributed by atoms with van der Waals surface area (Å²) < 4.78 is 4.93. The van der Waals surface area contributed by atoms with Gasteiger partial charge in [-0.3, -0.25) is 4.99 Å². The highest BCUT2D eigenvalue weighted by Crippen LogP contribution is 2.21. The van der Waals surface area contributed by atoms with Gasteiger partial charge < -0.3 is 14.9 Å². The molecule has 14 heavy (non-hydrogen) atoms. The van der Waals surface area contributed by atoms with Crippen LogP contribution in [0.1, 0.15) is 5.56 Å². The molecule has 76 valence electrons.